The van der Waals surface area contributed by atoms with E-state index in [9.17, 15) is 14.0 Å². The molecule has 0 saturated carbocycles. The van der Waals surface area contributed by atoms with Gasteiger partial charge in [-0.15, -0.1) is 0 Å². The van der Waals surface area contributed by atoms with E-state index in [1.807, 2.05) is 0 Å². The van der Waals surface area contributed by atoms with E-state index in [2.05, 4.69) is 5.32 Å². The summed E-state index contributed by atoms with van der Waals surface area (Å²) >= 11 is 0. The van der Waals surface area contributed by atoms with E-state index in [0.717, 1.165) is 0 Å². The molecule has 0 aromatic heterocycles. The van der Waals surface area contributed by atoms with E-state index in [4.69, 9.17) is 5.11 Å². The van der Waals surface area contributed by atoms with Gasteiger partial charge in [0.1, 0.15) is 5.82 Å². The second kappa shape index (κ2) is 6.70. The number of carbonyl (C=O) groups is 2. The van der Waals surface area contributed by atoms with Crippen LogP contribution >= 0.6 is 0 Å². The molecule has 1 amide bonds. The van der Waals surface area contributed by atoms with Gasteiger partial charge in [-0.2, -0.15) is 0 Å². The molecule has 0 unspecified atom stereocenters. The zero-order chi connectivity index (χ0) is 13.5. The summed E-state index contributed by atoms with van der Waals surface area (Å²) in [6.07, 6.45) is 0. The lowest BCUT2D eigenvalue weighted by molar-refractivity contribution is -0.138. The number of rotatable bonds is 6. The SMILES string of the molecule is CCN(CC(=O)O)CC(=O)Nc1cccc(F)c1. The number of nitrogens with one attached hydrogen (secondary N) is 1. The monoisotopic (exact) mass is 254 g/mol. The molecule has 0 aliphatic heterocycles. The van der Waals surface area contributed by atoms with Gasteiger partial charge in [0.05, 0.1) is 13.1 Å². The van der Waals surface area contributed by atoms with E-state index in [1.165, 1.54) is 23.1 Å². The average molecular weight is 254 g/mol. The minimum Gasteiger partial charge on any atom is -0.480 e. The quantitative estimate of drug-likeness (QED) is 0.799. The summed E-state index contributed by atoms with van der Waals surface area (Å²) in [5, 5.41) is 11.1. The molecule has 2 N–H and O–H groups in total. The van der Waals surface area contributed by atoms with Crippen molar-refractivity contribution in [2.75, 3.05) is 25.0 Å². The highest BCUT2D eigenvalue weighted by atomic mass is 19.1. The summed E-state index contributed by atoms with van der Waals surface area (Å²) in [5.74, 6) is -1.80. The molecule has 18 heavy (non-hydrogen) atoms. The summed E-state index contributed by atoms with van der Waals surface area (Å²) in [7, 11) is 0. The average Bonchev–Trinajstić information content (AvgIpc) is 2.27. The number of hydrogen-bond acceptors (Lipinski definition) is 3. The van der Waals surface area contributed by atoms with Gasteiger partial charge in [0.2, 0.25) is 5.91 Å². The van der Waals surface area contributed by atoms with Gasteiger partial charge < -0.3 is 10.4 Å². The van der Waals surface area contributed by atoms with Crippen LogP contribution in [0.1, 0.15) is 6.92 Å². The first kappa shape index (κ1) is 14.1. The maximum absolute atomic E-state index is 12.9. The van der Waals surface area contributed by atoms with Crippen molar-refractivity contribution in [3.05, 3.63) is 30.1 Å². The van der Waals surface area contributed by atoms with Gasteiger partial charge in [-0.05, 0) is 24.7 Å². The van der Waals surface area contributed by atoms with Crippen LogP contribution in [0.25, 0.3) is 0 Å². The maximum atomic E-state index is 12.9. The van der Waals surface area contributed by atoms with Crippen LogP contribution in [0.2, 0.25) is 0 Å². The number of carboxylic acids is 1. The smallest absolute Gasteiger partial charge is 0.317 e. The number of benzene rings is 1. The highest BCUT2D eigenvalue weighted by Gasteiger charge is 2.12. The molecule has 0 atom stereocenters. The second-order valence-electron chi connectivity index (χ2n) is 3.76. The van der Waals surface area contributed by atoms with E-state index in [0.29, 0.717) is 12.2 Å². The van der Waals surface area contributed by atoms with Crippen LogP contribution in [0.3, 0.4) is 0 Å². The van der Waals surface area contributed by atoms with E-state index in [-0.39, 0.29) is 19.0 Å². The number of nitrogens with zero attached hydrogens (tertiary/aromatic N) is 1. The molecular formula is C12H15FN2O3. The molecule has 0 fully saturated rings. The molecule has 1 aromatic rings. The third kappa shape index (κ3) is 4.92. The number of anilines is 1. The first-order valence-electron chi connectivity index (χ1n) is 5.51. The molecule has 0 aliphatic carbocycles. The van der Waals surface area contributed by atoms with Crippen molar-refractivity contribution in [2.24, 2.45) is 0 Å². The Hall–Kier alpha value is -1.95. The number of carboxylic acid groups (broad SMARTS) is 1. The highest BCUT2D eigenvalue weighted by Crippen LogP contribution is 2.08. The predicted octanol–water partition coefficient (Wildman–Crippen LogP) is 1.17. The maximum Gasteiger partial charge on any atom is 0.317 e. The summed E-state index contributed by atoms with van der Waals surface area (Å²) in [6, 6.07) is 5.53. The van der Waals surface area contributed by atoms with Crippen LogP contribution in [0, 0.1) is 5.82 Å². The van der Waals surface area contributed by atoms with Gasteiger partial charge in [-0.3, -0.25) is 14.5 Å². The Morgan fingerprint density at radius 2 is 2.11 bits per heavy atom. The van der Waals surface area contributed by atoms with Crippen molar-refractivity contribution >= 4 is 17.6 Å². The number of halogens is 1. The molecule has 98 valence electrons. The van der Waals surface area contributed by atoms with Gasteiger partial charge in [-0.1, -0.05) is 13.0 Å². The summed E-state index contributed by atoms with van der Waals surface area (Å²) in [5.41, 5.74) is 0.353. The van der Waals surface area contributed by atoms with Crippen molar-refractivity contribution in [1.82, 2.24) is 4.90 Å². The Kier molecular flexibility index (Phi) is 5.26. The minimum absolute atomic E-state index is 0.0423. The lowest BCUT2D eigenvalue weighted by Gasteiger charge is -2.17. The fourth-order valence-electron chi connectivity index (χ4n) is 1.44. The molecule has 0 bridgehead atoms. The van der Waals surface area contributed by atoms with Gasteiger partial charge in [-0.25, -0.2) is 4.39 Å². The Morgan fingerprint density at radius 3 is 2.67 bits per heavy atom. The van der Waals surface area contributed by atoms with Crippen LogP contribution in [0.4, 0.5) is 10.1 Å². The molecule has 0 spiro atoms. The Morgan fingerprint density at radius 1 is 1.39 bits per heavy atom. The molecule has 0 saturated heterocycles. The molecule has 0 aliphatic rings. The fraction of sp³-hybridized carbons (Fsp3) is 0.333. The fourth-order valence-corrected chi connectivity index (χ4v) is 1.44. The zero-order valence-corrected chi connectivity index (χ0v) is 10.0. The second-order valence-corrected chi connectivity index (χ2v) is 3.76. The van der Waals surface area contributed by atoms with E-state index >= 15 is 0 Å². The normalized spacial score (nSPS) is 10.4. The highest BCUT2D eigenvalue weighted by molar-refractivity contribution is 5.92. The zero-order valence-electron chi connectivity index (χ0n) is 10.0. The van der Waals surface area contributed by atoms with Gasteiger partial charge in [0, 0.05) is 5.69 Å². The van der Waals surface area contributed by atoms with Crippen LogP contribution in [0.15, 0.2) is 24.3 Å². The number of amides is 1. The van der Waals surface area contributed by atoms with Gasteiger partial charge >= 0.3 is 5.97 Å². The van der Waals surface area contributed by atoms with Crippen molar-refractivity contribution in [1.29, 1.82) is 0 Å². The summed E-state index contributed by atoms with van der Waals surface area (Å²) in [4.78, 5) is 23.6. The van der Waals surface area contributed by atoms with Gasteiger partial charge in [0.15, 0.2) is 0 Å². The molecule has 0 heterocycles. The third-order valence-electron chi connectivity index (χ3n) is 2.28. The molecular weight excluding hydrogens is 239 g/mol. The number of hydrogen-bond donors (Lipinski definition) is 2. The van der Waals surface area contributed by atoms with E-state index in [1.54, 1.807) is 13.0 Å². The van der Waals surface area contributed by atoms with Crippen molar-refractivity contribution < 1.29 is 19.1 Å². The Balaban J connectivity index is 2.52. The first-order valence-corrected chi connectivity index (χ1v) is 5.51. The number of carbonyl (C=O) groups excluding carboxylic acids is 1. The van der Waals surface area contributed by atoms with Crippen LogP contribution < -0.4 is 5.32 Å². The molecule has 1 aromatic carbocycles. The molecule has 5 nitrogen and oxygen atoms in total. The Bertz CT molecular complexity index is 437. The van der Waals surface area contributed by atoms with Crippen molar-refractivity contribution in [3.8, 4) is 0 Å². The first-order chi connectivity index (χ1) is 8.51. The molecule has 6 heteroatoms. The largest absolute Gasteiger partial charge is 0.480 e. The topological polar surface area (TPSA) is 69.6 Å². The summed E-state index contributed by atoms with van der Waals surface area (Å²) < 4.78 is 12.9. The van der Waals surface area contributed by atoms with Crippen LogP contribution in [-0.2, 0) is 9.59 Å². The standard InChI is InChI=1S/C12H15FN2O3/c1-2-15(8-12(17)18)7-11(16)14-10-5-3-4-9(13)6-10/h3-6H,2,7-8H2,1H3,(H,14,16)(H,17,18). The van der Waals surface area contributed by atoms with E-state index < -0.39 is 11.8 Å². The number of aliphatic carboxylic acids is 1. The molecule has 0 radical (unpaired) electrons. The lowest BCUT2D eigenvalue weighted by Crippen LogP contribution is -2.36. The molecule has 1 rings (SSSR count). The van der Waals surface area contributed by atoms with Crippen molar-refractivity contribution in [3.63, 3.8) is 0 Å². The minimum atomic E-state index is -0.990. The van der Waals surface area contributed by atoms with Crippen LogP contribution in [-0.4, -0.2) is 41.5 Å². The predicted molar refractivity (Wildman–Crippen MR) is 64.8 cm³/mol. The number of likely N-dealkylation sites (N-methyl/N-ethyl adjacent to an activating group) is 1. The lowest BCUT2D eigenvalue weighted by atomic mass is 10.3. The van der Waals surface area contributed by atoms with Crippen LogP contribution in [0.5, 0.6) is 0 Å². The summed E-state index contributed by atoms with van der Waals surface area (Å²) in [6.45, 7) is 1.97. The third-order valence-corrected chi connectivity index (χ3v) is 2.28. The van der Waals surface area contributed by atoms with Crippen molar-refractivity contribution in [2.45, 2.75) is 6.92 Å². The van der Waals surface area contributed by atoms with Gasteiger partial charge in [0.25, 0.3) is 0 Å². The Labute approximate surface area is 104 Å².